The summed E-state index contributed by atoms with van der Waals surface area (Å²) in [6, 6.07) is 7.99. The van der Waals surface area contributed by atoms with Crippen LogP contribution >= 0.6 is 11.8 Å². The zero-order valence-corrected chi connectivity index (χ0v) is 16.2. The van der Waals surface area contributed by atoms with Gasteiger partial charge in [-0.1, -0.05) is 63.1 Å². The average Bonchev–Trinajstić information content (AvgIpc) is 2.65. The van der Waals surface area contributed by atoms with Gasteiger partial charge in [0.25, 0.3) is 5.91 Å². The Labute approximate surface area is 155 Å². The van der Waals surface area contributed by atoms with E-state index < -0.39 is 0 Å². The number of rotatable bonds is 5. The molecule has 1 amide bonds. The van der Waals surface area contributed by atoms with Gasteiger partial charge >= 0.3 is 0 Å². The van der Waals surface area contributed by atoms with E-state index in [1.165, 1.54) is 12.2 Å². The number of carbonyl (C=O) groups is 1. The van der Waals surface area contributed by atoms with Gasteiger partial charge in [-0.2, -0.15) is 0 Å². The molecule has 0 aliphatic carbocycles. The van der Waals surface area contributed by atoms with Crippen LogP contribution in [0.5, 0.6) is 0 Å². The van der Waals surface area contributed by atoms with Crippen molar-refractivity contribution in [2.75, 3.05) is 25.6 Å². The van der Waals surface area contributed by atoms with Gasteiger partial charge < -0.3 is 4.90 Å². The fourth-order valence-electron chi connectivity index (χ4n) is 2.22. The molecule has 0 aromatic heterocycles. The van der Waals surface area contributed by atoms with Gasteiger partial charge in [0.05, 0.1) is 18.5 Å². The zero-order valence-electron chi connectivity index (χ0n) is 15.4. The van der Waals surface area contributed by atoms with E-state index in [0.29, 0.717) is 0 Å². The molecule has 4 nitrogen and oxygen atoms in total. The van der Waals surface area contributed by atoms with Crippen molar-refractivity contribution in [3.8, 4) is 0 Å². The summed E-state index contributed by atoms with van der Waals surface area (Å²) in [5.74, 6) is -0.137. The van der Waals surface area contributed by atoms with Gasteiger partial charge in [0, 0.05) is 16.8 Å². The lowest BCUT2D eigenvalue weighted by Crippen LogP contribution is -2.38. The summed E-state index contributed by atoms with van der Waals surface area (Å²) in [6.07, 6.45) is 7.30. The van der Waals surface area contributed by atoms with Crippen LogP contribution in [0.3, 0.4) is 0 Å². The van der Waals surface area contributed by atoms with E-state index in [9.17, 15) is 4.79 Å². The highest BCUT2D eigenvalue weighted by molar-refractivity contribution is 8.03. The van der Waals surface area contributed by atoms with Crippen molar-refractivity contribution in [1.29, 1.82) is 0 Å². The van der Waals surface area contributed by atoms with Crippen LogP contribution < -0.4 is 4.90 Å². The number of thioether (sulfide) groups is 1. The number of para-hydroxylation sites is 1. The number of hydrogen-bond acceptors (Lipinski definition) is 4. The van der Waals surface area contributed by atoms with Crippen LogP contribution in [0.2, 0.25) is 0 Å². The highest BCUT2D eigenvalue weighted by Crippen LogP contribution is 2.45. The molecule has 1 aliphatic rings. The standard InChI is InChI=1S/C18H20N2O2S.C2H6/c1-5-9-14-16(10-6-2)23-17-12-8-7-11-15(17)20(14)13-18(21)19(3)22-4;1-2/h5-12H,1-2,13H2,3-4H3;1-2H3/b14-9+,16-10+;. The van der Waals surface area contributed by atoms with E-state index in [1.807, 2.05) is 55.2 Å². The molecule has 2 rings (SSSR count). The third kappa shape index (κ3) is 5.11. The lowest BCUT2D eigenvalue weighted by atomic mass is 10.2. The summed E-state index contributed by atoms with van der Waals surface area (Å²) >= 11 is 1.65. The molecule has 1 aromatic rings. The summed E-state index contributed by atoms with van der Waals surface area (Å²) in [5, 5.41) is 1.23. The minimum atomic E-state index is -0.137. The maximum absolute atomic E-state index is 12.3. The van der Waals surface area contributed by atoms with Crippen molar-refractivity contribution in [3.63, 3.8) is 0 Å². The van der Waals surface area contributed by atoms with Gasteiger partial charge in [-0.25, -0.2) is 5.06 Å². The highest BCUT2D eigenvalue weighted by atomic mass is 32.2. The Bertz CT molecular complexity index is 680. The molecule has 0 N–H and O–H groups in total. The number of hydrogen-bond donors (Lipinski definition) is 0. The van der Waals surface area contributed by atoms with E-state index >= 15 is 0 Å². The minimum absolute atomic E-state index is 0.137. The lowest BCUT2D eigenvalue weighted by molar-refractivity contribution is -0.166. The smallest absolute Gasteiger partial charge is 0.265 e. The number of allylic oxidation sites excluding steroid dienone is 4. The maximum Gasteiger partial charge on any atom is 0.265 e. The van der Waals surface area contributed by atoms with Crippen LogP contribution in [-0.4, -0.2) is 31.7 Å². The van der Waals surface area contributed by atoms with Crippen LogP contribution in [0.4, 0.5) is 5.69 Å². The number of anilines is 1. The molecule has 0 bridgehead atoms. The molecule has 0 unspecified atom stereocenters. The Morgan fingerprint density at radius 3 is 2.48 bits per heavy atom. The Hall–Kier alpha value is -2.24. The predicted molar refractivity (Wildman–Crippen MR) is 107 cm³/mol. The predicted octanol–water partition coefficient (Wildman–Crippen LogP) is 4.78. The van der Waals surface area contributed by atoms with Gasteiger partial charge in [0.15, 0.2) is 0 Å². The number of fused-ring (bicyclic) bond motifs is 1. The average molecular weight is 359 g/mol. The van der Waals surface area contributed by atoms with Crippen molar-refractivity contribution < 1.29 is 9.63 Å². The van der Waals surface area contributed by atoms with Crippen LogP contribution in [0.25, 0.3) is 0 Å². The van der Waals surface area contributed by atoms with Gasteiger partial charge in [0.1, 0.15) is 6.54 Å². The summed E-state index contributed by atoms with van der Waals surface area (Å²) in [6.45, 7) is 11.7. The number of hydroxylamine groups is 2. The second-order valence-electron chi connectivity index (χ2n) is 4.78. The Morgan fingerprint density at radius 2 is 1.88 bits per heavy atom. The molecule has 0 radical (unpaired) electrons. The third-order valence-corrected chi connectivity index (χ3v) is 4.51. The first-order valence-corrected chi connectivity index (χ1v) is 8.95. The minimum Gasteiger partial charge on any atom is -0.330 e. The molecule has 1 heterocycles. The summed E-state index contributed by atoms with van der Waals surface area (Å²) < 4.78 is 0. The Morgan fingerprint density at radius 1 is 1.24 bits per heavy atom. The number of benzene rings is 1. The summed E-state index contributed by atoms with van der Waals surface area (Å²) in [7, 11) is 3.08. The first-order chi connectivity index (χ1) is 12.1. The topological polar surface area (TPSA) is 32.8 Å². The van der Waals surface area contributed by atoms with Crippen molar-refractivity contribution >= 4 is 23.4 Å². The van der Waals surface area contributed by atoms with E-state index in [0.717, 1.165) is 21.2 Å². The molecule has 0 saturated heterocycles. The maximum atomic E-state index is 12.3. The molecule has 0 saturated carbocycles. The van der Waals surface area contributed by atoms with Crippen LogP contribution in [0.1, 0.15) is 13.8 Å². The van der Waals surface area contributed by atoms with Gasteiger partial charge in [-0.15, -0.1) is 0 Å². The van der Waals surface area contributed by atoms with Crippen molar-refractivity contribution in [2.45, 2.75) is 18.7 Å². The molecule has 5 heteroatoms. The van der Waals surface area contributed by atoms with E-state index in [4.69, 9.17) is 4.84 Å². The first-order valence-electron chi connectivity index (χ1n) is 8.13. The number of amides is 1. The Kier molecular flexibility index (Phi) is 8.81. The largest absolute Gasteiger partial charge is 0.330 e. The Balaban J connectivity index is 0.00000151. The second-order valence-corrected chi connectivity index (χ2v) is 5.87. The van der Waals surface area contributed by atoms with Crippen molar-refractivity contribution in [1.82, 2.24) is 5.06 Å². The number of likely N-dealkylation sites (N-methyl/N-ethyl adjacent to an activating group) is 1. The fourth-order valence-corrected chi connectivity index (χ4v) is 3.33. The van der Waals surface area contributed by atoms with Gasteiger partial charge in [0.2, 0.25) is 0 Å². The third-order valence-electron chi connectivity index (χ3n) is 3.38. The quantitative estimate of drug-likeness (QED) is 0.709. The number of carbonyl (C=O) groups excluding carboxylic acids is 1. The molecule has 0 spiro atoms. The van der Waals surface area contributed by atoms with Crippen molar-refractivity contribution in [3.05, 3.63) is 72.3 Å². The molecule has 134 valence electrons. The van der Waals surface area contributed by atoms with Crippen molar-refractivity contribution in [2.24, 2.45) is 0 Å². The van der Waals surface area contributed by atoms with Gasteiger partial charge in [-0.05, 0) is 24.3 Å². The molecular weight excluding hydrogens is 332 g/mol. The summed E-state index contributed by atoms with van der Waals surface area (Å²) in [5.41, 5.74) is 1.91. The molecule has 1 aromatic carbocycles. The zero-order chi connectivity index (χ0) is 18.8. The fraction of sp³-hybridized carbons (Fsp3) is 0.250. The molecule has 1 aliphatic heterocycles. The van der Waals surface area contributed by atoms with Crippen LogP contribution in [-0.2, 0) is 9.63 Å². The van der Waals surface area contributed by atoms with E-state index in [-0.39, 0.29) is 12.5 Å². The molecule has 0 fully saturated rings. The van der Waals surface area contributed by atoms with Crippen LogP contribution in [0.15, 0.2) is 77.2 Å². The molecule has 0 atom stereocenters. The van der Waals surface area contributed by atoms with E-state index in [1.54, 1.807) is 31.0 Å². The SMILES string of the molecule is C=C/C=C1/Sc2ccccc2N(CC(=O)N(C)OC)/C1=C/C=C.CC. The summed E-state index contributed by atoms with van der Waals surface area (Å²) in [4.78, 5) is 21.4. The normalized spacial score (nSPS) is 15.9. The number of nitrogens with zero attached hydrogens (tertiary/aromatic N) is 2. The van der Waals surface area contributed by atoms with Crippen LogP contribution in [0, 0.1) is 0 Å². The first kappa shape index (κ1) is 20.8. The second kappa shape index (κ2) is 10.6. The van der Waals surface area contributed by atoms with Gasteiger partial charge in [-0.3, -0.25) is 9.63 Å². The van der Waals surface area contributed by atoms with E-state index in [2.05, 4.69) is 13.2 Å². The molecular formula is C20H26N2O2S. The lowest BCUT2D eigenvalue weighted by Gasteiger charge is -2.34. The monoisotopic (exact) mass is 358 g/mol. The highest BCUT2D eigenvalue weighted by Gasteiger charge is 2.27. The molecule has 25 heavy (non-hydrogen) atoms.